The van der Waals surface area contributed by atoms with E-state index in [2.05, 4.69) is 36.5 Å². The van der Waals surface area contributed by atoms with E-state index in [9.17, 15) is 4.79 Å². The SMILES string of the molecule is Nc1nc(Cl)cc(NCCCNC(=O)c2ccc(Br)cc2)n1. The normalized spacial score (nSPS) is 10.3. The lowest BCUT2D eigenvalue weighted by molar-refractivity contribution is 0.0953. The van der Waals surface area contributed by atoms with Crippen LogP contribution in [0.5, 0.6) is 0 Å². The van der Waals surface area contributed by atoms with Crippen molar-refractivity contribution in [3.05, 3.63) is 45.5 Å². The fourth-order valence-corrected chi connectivity index (χ4v) is 2.19. The molecule has 0 spiro atoms. The summed E-state index contributed by atoms with van der Waals surface area (Å²) in [5.74, 6) is 0.595. The molecule has 116 valence electrons. The Hall–Kier alpha value is -1.86. The van der Waals surface area contributed by atoms with Gasteiger partial charge in [0, 0.05) is 29.2 Å². The maximum Gasteiger partial charge on any atom is 0.251 e. The third-order valence-electron chi connectivity index (χ3n) is 2.76. The van der Waals surface area contributed by atoms with Crippen molar-refractivity contribution >= 4 is 45.2 Å². The maximum absolute atomic E-state index is 11.9. The zero-order valence-corrected chi connectivity index (χ0v) is 14.0. The molecular formula is C14H15BrClN5O. The minimum absolute atomic E-state index is 0.0955. The quantitative estimate of drug-likeness (QED) is 0.526. The highest BCUT2D eigenvalue weighted by molar-refractivity contribution is 9.10. The van der Waals surface area contributed by atoms with Crippen LogP contribution in [0.3, 0.4) is 0 Å². The lowest BCUT2D eigenvalue weighted by Gasteiger charge is -2.08. The Kier molecular flexibility index (Phi) is 5.97. The highest BCUT2D eigenvalue weighted by atomic mass is 79.9. The summed E-state index contributed by atoms with van der Waals surface area (Å²) in [4.78, 5) is 19.7. The van der Waals surface area contributed by atoms with Gasteiger partial charge in [0.05, 0.1) is 0 Å². The van der Waals surface area contributed by atoms with Gasteiger partial charge >= 0.3 is 0 Å². The summed E-state index contributed by atoms with van der Waals surface area (Å²) < 4.78 is 0.941. The number of nitrogens with zero attached hydrogens (tertiary/aromatic N) is 2. The second-order valence-electron chi connectivity index (χ2n) is 4.48. The molecule has 6 nitrogen and oxygen atoms in total. The van der Waals surface area contributed by atoms with Crippen molar-refractivity contribution in [1.29, 1.82) is 0 Å². The average Bonchev–Trinajstić information content (AvgIpc) is 2.46. The fourth-order valence-electron chi connectivity index (χ4n) is 1.74. The van der Waals surface area contributed by atoms with Gasteiger partial charge < -0.3 is 16.4 Å². The summed E-state index contributed by atoms with van der Waals surface area (Å²) in [6.45, 7) is 1.18. The Morgan fingerprint density at radius 2 is 1.95 bits per heavy atom. The van der Waals surface area contributed by atoms with E-state index in [0.29, 0.717) is 29.6 Å². The second-order valence-corrected chi connectivity index (χ2v) is 5.78. The van der Waals surface area contributed by atoms with Crippen LogP contribution < -0.4 is 16.4 Å². The highest BCUT2D eigenvalue weighted by Gasteiger charge is 2.04. The zero-order valence-electron chi connectivity index (χ0n) is 11.6. The number of halogens is 2. The molecule has 2 rings (SSSR count). The van der Waals surface area contributed by atoms with Crippen LogP contribution >= 0.6 is 27.5 Å². The van der Waals surface area contributed by atoms with E-state index in [4.69, 9.17) is 17.3 Å². The first-order chi connectivity index (χ1) is 10.5. The Morgan fingerprint density at radius 3 is 2.64 bits per heavy atom. The topological polar surface area (TPSA) is 92.9 Å². The summed E-state index contributed by atoms with van der Waals surface area (Å²) in [5, 5.41) is 6.21. The molecule has 0 unspecified atom stereocenters. The Balaban J connectivity index is 1.71. The molecular weight excluding hydrogens is 370 g/mol. The molecule has 0 saturated carbocycles. The smallest absolute Gasteiger partial charge is 0.251 e. The van der Waals surface area contributed by atoms with Crippen molar-refractivity contribution in [2.24, 2.45) is 0 Å². The molecule has 22 heavy (non-hydrogen) atoms. The number of amides is 1. The van der Waals surface area contributed by atoms with Gasteiger partial charge in [-0.25, -0.2) is 4.98 Å². The molecule has 1 heterocycles. The van der Waals surface area contributed by atoms with Crippen molar-refractivity contribution in [1.82, 2.24) is 15.3 Å². The minimum Gasteiger partial charge on any atom is -0.370 e. The average molecular weight is 385 g/mol. The first-order valence-electron chi connectivity index (χ1n) is 6.62. The third kappa shape index (κ3) is 5.16. The number of hydrogen-bond acceptors (Lipinski definition) is 5. The van der Waals surface area contributed by atoms with E-state index in [-0.39, 0.29) is 11.9 Å². The van der Waals surface area contributed by atoms with Gasteiger partial charge in [0.15, 0.2) is 0 Å². The summed E-state index contributed by atoms with van der Waals surface area (Å²) >= 11 is 9.11. The van der Waals surface area contributed by atoms with E-state index in [1.165, 1.54) is 0 Å². The number of rotatable bonds is 6. The standard InChI is InChI=1S/C14H15BrClN5O/c15-10-4-2-9(3-5-10)13(22)19-7-1-6-18-12-8-11(16)20-14(17)21-12/h2-5,8H,1,6-7H2,(H,19,22)(H3,17,18,20,21). The Morgan fingerprint density at radius 1 is 1.23 bits per heavy atom. The largest absolute Gasteiger partial charge is 0.370 e. The first kappa shape index (κ1) is 16.5. The number of aromatic nitrogens is 2. The molecule has 0 aliphatic carbocycles. The van der Waals surface area contributed by atoms with Gasteiger partial charge in [0.1, 0.15) is 11.0 Å². The van der Waals surface area contributed by atoms with Crippen LogP contribution in [0, 0.1) is 0 Å². The molecule has 0 radical (unpaired) electrons. The van der Waals surface area contributed by atoms with E-state index in [1.807, 2.05) is 12.1 Å². The molecule has 2 aromatic rings. The van der Waals surface area contributed by atoms with Gasteiger partial charge in [-0.3, -0.25) is 4.79 Å². The Labute approximate surface area is 141 Å². The molecule has 0 saturated heterocycles. The summed E-state index contributed by atoms with van der Waals surface area (Å²) in [5.41, 5.74) is 6.13. The van der Waals surface area contributed by atoms with E-state index in [1.54, 1.807) is 18.2 Å². The van der Waals surface area contributed by atoms with E-state index >= 15 is 0 Å². The van der Waals surface area contributed by atoms with Crippen LogP contribution in [0.1, 0.15) is 16.8 Å². The van der Waals surface area contributed by atoms with Crippen LogP contribution in [-0.2, 0) is 0 Å². The fraction of sp³-hybridized carbons (Fsp3) is 0.214. The molecule has 1 aromatic carbocycles. The minimum atomic E-state index is -0.0955. The van der Waals surface area contributed by atoms with E-state index < -0.39 is 0 Å². The van der Waals surface area contributed by atoms with Crippen LogP contribution in [0.15, 0.2) is 34.8 Å². The van der Waals surface area contributed by atoms with Crippen LogP contribution in [-0.4, -0.2) is 29.0 Å². The summed E-state index contributed by atoms with van der Waals surface area (Å²) in [7, 11) is 0. The first-order valence-corrected chi connectivity index (χ1v) is 7.79. The number of nitrogen functional groups attached to an aromatic ring is 1. The number of benzene rings is 1. The highest BCUT2D eigenvalue weighted by Crippen LogP contribution is 2.12. The number of carbonyl (C=O) groups is 1. The van der Waals surface area contributed by atoms with Crippen molar-refractivity contribution in [3.63, 3.8) is 0 Å². The van der Waals surface area contributed by atoms with Crippen molar-refractivity contribution in [3.8, 4) is 0 Å². The predicted molar refractivity (Wildman–Crippen MR) is 91.0 cm³/mol. The number of nitrogens with one attached hydrogen (secondary N) is 2. The van der Waals surface area contributed by atoms with Crippen LogP contribution in [0.25, 0.3) is 0 Å². The molecule has 0 atom stereocenters. The predicted octanol–water partition coefficient (Wildman–Crippen LogP) is 2.71. The van der Waals surface area contributed by atoms with E-state index in [0.717, 1.165) is 10.9 Å². The van der Waals surface area contributed by atoms with Crippen LogP contribution in [0.4, 0.5) is 11.8 Å². The maximum atomic E-state index is 11.9. The van der Waals surface area contributed by atoms with Gasteiger partial charge in [-0.05, 0) is 30.7 Å². The molecule has 1 aromatic heterocycles. The van der Waals surface area contributed by atoms with Gasteiger partial charge in [0.2, 0.25) is 5.95 Å². The number of anilines is 2. The number of nitrogens with two attached hydrogens (primary N) is 1. The number of hydrogen-bond donors (Lipinski definition) is 3. The number of carbonyl (C=O) groups excluding carboxylic acids is 1. The van der Waals surface area contributed by atoms with Crippen molar-refractivity contribution < 1.29 is 4.79 Å². The zero-order chi connectivity index (χ0) is 15.9. The van der Waals surface area contributed by atoms with Gasteiger partial charge in [0.25, 0.3) is 5.91 Å². The third-order valence-corrected chi connectivity index (χ3v) is 3.49. The van der Waals surface area contributed by atoms with Crippen molar-refractivity contribution in [2.45, 2.75) is 6.42 Å². The lowest BCUT2D eigenvalue weighted by atomic mass is 10.2. The summed E-state index contributed by atoms with van der Waals surface area (Å²) in [6.07, 6.45) is 0.740. The molecule has 0 bridgehead atoms. The molecule has 0 fully saturated rings. The van der Waals surface area contributed by atoms with Gasteiger partial charge in [-0.15, -0.1) is 0 Å². The van der Waals surface area contributed by atoms with Gasteiger partial charge in [-0.1, -0.05) is 27.5 Å². The molecule has 0 aliphatic rings. The second kappa shape index (κ2) is 7.95. The van der Waals surface area contributed by atoms with Gasteiger partial charge in [-0.2, -0.15) is 4.98 Å². The lowest BCUT2D eigenvalue weighted by Crippen LogP contribution is -2.25. The molecule has 0 aliphatic heterocycles. The Bertz CT molecular complexity index is 630. The van der Waals surface area contributed by atoms with Crippen LogP contribution in [0.2, 0.25) is 5.15 Å². The molecule has 4 N–H and O–H groups in total. The summed E-state index contributed by atoms with van der Waals surface area (Å²) in [6, 6.07) is 8.80. The molecule has 1 amide bonds. The van der Waals surface area contributed by atoms with Crippen molar-refractivity contribution in [2.75, 3.05) is 24.1 Å². The molecule has 8 heteroatoms. The monoisotopic (exact) mass is 383 g/mol.